The van der Waals surface area contributed by atoms with E-state index in [1.165, 1.54) is 12.1 Å². The van der Waals surface area contributed by atoms with Gasteiger partial charge in [0, 0.05) is 5.56 Å². The van der Waals surface area contributed by atoms with Gasteiger partial charge in [0.05, 0.1) is 0 Å². The summed E-state index contributed by atoms with van der Waals surface area (Å²) in [5.74, 6) is 0.991. The number of hydrogen-bond acceptors (Lipinski definition) is 4. The first-order chi connectivity index (χ1) is 9.81. The van der Waals surface area contributed by atoms with Crippen LogP contribution in [0.3, 0.4) is 0 Å². The highest BCUT2D eigenvalue weighted by Gasteiger charge is 2.09. The lowest BCUT2D eigenvalue weighted by atomic mass is 10.2. The van der Waals surface area contributed by atoms with Crippen molar-refractivity contribution in [1.82, 2.24) is 10.2 Å². The Balaban J connectivity index is 1.71. The Morgan fingerprint density at radius 1 is 1.00 bits per heavy atom. The number of aromatic nitrogens is 2. The number of para-hydroxylation sites is 1. The molecule has 0 unspecified atom stereocenters. The van der Waals surface area contributed by atoms with Crippen LogP contribution in [0.2, 0.25) is 0 Å². The topological polar surface area (TPSA) is 48.2 Å². The summed E-state index contributed by atoms with van der Waals surface area (Å²) in [7, 11) is 0. The molecule has 0 amide bonds. The second kappa shape index (κ2) is 5.52. The summed E-state index contributed by atoms with van der Waals surface area (Å²) < 4.78 is 24.0. The van der Waals surface area contributed by atoms with Gasteiger partial charge in [-0.15, -0.1) is 10.2 Å². The molecule has 0 aliphatic carbocycles. The summed E-state index contributed by atoms with van der Waals surface area (Å²) in [4.78, 5) is 0. The van der Waals surface area contributed by atoms with E-state index in [9.17, 15) is 4.39 Å². The van der Waals surface area contributed by atoms with Gasteiger partial charge in [-0.2, -0.15) is 0 Å². The third kappa shape index (κ3) is 2.83. The zero-order valence-corrected chi connectivity index (χ0v) is 10.5. The van der Waals surface area contributed by atoms with Crippen LogP contribution in [-0.2, 0) is 6.61 Å². The van der Waals surface area contributed by atoms with Gasteiger partial charge in [-0.05, 0) is 30.3 Å². The summed E-state index contributed by atoms with van der Waals surface area (Å²) in [5, 5.41) is 7.75. The number of halogens is 1. The normalized spacial score (nSPS) is 10.4. The second-order valence-electron chi connectivity index (χ2n) is 4.11. The zero-order chi connectivity index (χ0) is 13.8. The van der Waals surface area contributed by atoms with Gasteiger partial charge in [-0.25, -0.2) is 4.39 Å². The van der Waals surface area contributed by atoms with Crippen LogP contribution < -0.4 is 4.74 Å². The third-order valence-electron chi connectivity index (χ3n) is 2.64. The van der Waals surface area contributed by atoms with E-state index in [0.29, 0.717) is 11.5 Å². The average Bonchev–Trinajstić information content (AvgIpc) is 2.95. The van der Waals surface area contributed by atoms with Gasteiger partial charge in [0.1, 0.15) is 11.6 Å². The monoisotopic (exact) mass is 270 g/mol. The molecule has 1 aromatic heterocycles. The van der Waals surface area contributed by atoms with Crippen molar-refractivity contribution in [2.24, 2.45) is 0 Å². The molecule has 0 aliphatic heterocycles. The number of nitrogens with zero attached hydrogens (tertiary/aromatic N) is 2. The fourth-order valence-electron chi connectivity index (χ4n) is 1.71. The Bertz CT molecular complexity index is 698. The molecule has 0 aliphatic rings. The Morgan fingerprint density at radius 3 is 2.65 bits per heavy atom. The number of benzene rings is 2. The minimum Gasteiger partial charge on any atom is -0.484 e. The maximum Gasteiger partial charge on any atom is 0.254 e. The molecule has 5 heteroatoms. The highest BCUT2D eigenvalue weighted by molar-refractivity contribution is 5.52. The molecule has 0 saturated heterocycles. The van der Waals surface area contributed by atoms with E-state index in [1.807, 2.05) is 30.3 Å². The SMILES string of the molecule is Fc1cccc(-c2nnc(COc3ccccc3)o2)c1. The lowest BCUT2D eigenvalue weighted by molar-refractivity contribution is 0.264. The quantitative estimate of drug-likeness (QED) is 0.728. The first-order valence-electron chi connectivity index (χ1n) is 6.07. The van der Waals surface area contributed by atoms with Crippen molar-refractivity contribution in [3.05, 3.63) is 66.3 Å². The molecular formula is C15H11FN2O2. The molecule has 0 saturated carbocycles. The summed E-state index contributed by atoms with van der Waals surface area (Å²) in [6, 6.07) is 15.3. The Morgan fingerprint density at radius 2 is 1.85 bits per heavy atom. The number of rotatable bonds is 4. The van der Waals surface area contributed by atoms with Crippen molar-refractivity contribution >= 4 is 0 Å². The summed E-state index contributed by atoms with van der Waals surface area (Å²) in [6.45, 7) is 0.173. The van der Waals surface area contributed by atoms with Crippen LogP contribution >= 0.6 is 0 Å². The van der Waals surface area contributed by atoms with Crippen molar-refractivity contribution in [3.8, 4) is 17.2 Å². The predicted molar refractivity (Wildman–Crippen MR) is 70.5 cm³/mol. The number of ether oxygens (including phenoxy) is 1. The highest BCUT2D eigenvalue weighted by atomic mass is 19.1. The van der Waals surface area contributed by atoms with E-state index in [2.05, 4.69) is 10.2 Å². The van der Waals surface area contributed by atoms with E-state index in [1.54, 1.807) is 12.1 Å². The average molecular weight is 270 g/mol. The highest BCUT2D eigenvalue weighted by Crippen LogP contribution is 2.19. The first-order valence-corrected chi connectivity index (χ1v) is 6.07. The maximum atomic E-state index is 13.1. The van der Waals surface area contributed by atoms with Gasteiger partial charge < -0.3 is 9.15 Å². The molecule has 0 radical (unpaired) electrons. The van der Waals surface area contributed by atoms with Gasteiger partial charge in [-0.1, -0.05) is 24.3 Å². The lowest BCUT2D eigenvalue weighted by Gasteiger charge is -2.01. The number of hydrogen-bond donors (Lipinski definition) is 0. The van der Waals surface area contributed by atoms with Crippen LogP contribution in [0.4, 0.5) is 4.39 Å². The van der Waals surface area contributed by atoms with Crippen molar-refractivity contribution < 1.29 is 13.5 Å². The van der Waals surface area contributed by atoms with Gasteiger partial charge in [0.2, 0.25) is 5.89 Å². The van der Waals surface area contributed by atoms with Crippen LogP contribution in [-0.4, -0.2) is 10.2 Å². The molecule has 0 spiro atoms. The summed E-state index contributed by atoms with van der Waals surface area (Å²) >= 11 is 0. The van der Waals surface area contributed by atoms with Crippen LogP contribution in [0.1, 0.15) is 5.89 Å². The Hall–Kier alpha value is -2.69. The zero-order valence-electron chi connectivity index (χ0n) is 10.5. The molecule has 3 rings (SSSR count). The van der Waals surface area contributed by atoms with Crippen molar-refractivity contribution in [1.29, 1.82) is 0 Å². The van der Waals surface area contributed by atoms with Gasteiger partial charge >= 0.3 is 0 Å². The third-order valence-corrected chi connectivity index (χ3v) is 2.64. The molecule has 3 aromatic rings. The van der Waals surface area contributed by atoms with E-state index in [-0.39, 0.29) is 18.3 Å². The minimum absolute atomic E-state index is 0.173. The van der Waals surface area contributed by atoms with E-state index >= 15 is 0 Å². The summed E-state index contributed by atoms with van der Waals surface area (Å²) in [6.07, 6.45) is 0. The molecule has 1 heterocycles. The maximum absolute atomic E-state index is 13.1. The largest absolute Gasteiger partial charge is 0.484 e. The molecule has 0 bridgehead atoms. The van der Waals surface area contributed by atoms with E-state index in [4.69, 9.17) is 9.15 Å². The van der Waals surface area contributed by atoms with Crippen molar-refractivity contribution in [2.45, 2.75) is 6.61 Å². The molecule has 100 valence electrons. The molecule has 20 heavy (non-hydrogen) atoms. The van der Waals surface area contributed by atoms with Gasteiger partial charge in [0.15, 0.2) is 6.61 Å². The smallest absolute Gasteiger partial charge is 0.254 e. The Kier molecular flexibility index (Phi) is 3.41. The van der Waals surface area contributed by atoms with Crippen molar-refractivity contribution in [2.75, 3.05) is 0 Å². The van der Waals surface area contributed by atoms with Gasteiger partial charge in [0.25, 0.3) is 5.89 Å². The van der Waals surface area contributed by atoms with Crippen LogP contribution in [0.5, 0.6) is 5.75 Å². The van der Waals surface area contributed by atoms with Crippen LogP contribution in [0.15, 0.2) is 59.0 Å². The minimum atomic E-state index is -0.345. The standard InChI is InChI=1S/C15H11FN2O2/c16-12-6-4-5-11(9-12)15-18-17-14(20-15)10-19-13-7-2-1-3-8-13/h1-9H,10H2. The predicted octanol–water partition coefficient (Wildman–Crippen LogP) is 3.45. The molecule has 2 aromatic carbocycles. The van der Waals surface area contributed by atoms with E-state index < -0.39 is 0 Å². The second-order valence-corrected chi connectivity index (χ2v) is 4.11. The fourth-order valence-corrected chi connectivity index (χ4v) is 1.71. The van der Waals surface area contributed by atoms with Gasteiger partial charge in [-0.3, -0.25) is 0 Å². The van der Waals surface area contributed by atoms with Crippen LogP contribution in [0, 0.1) is 5.82 Å². The van der Waals surface area contributed by atoms with E-state index in [0.717, 1.165) is 5.75 Å². The Labute approximate surface area is 114 Å². The fraction of sp³-hybridized carbons (Fsp3) is 0.0667. The molecule has 0 N–H and O–H groups in total. The molecule has 0 atom stereocenters. The molecule has 4 nitrogen and oxygen atoms in total. The molecular weight excluding hydrogens is 259 g/mol. The first kappa shape index (κ1) is 12.3. The molecule has 0 fully saturated rings. The van der Waals surface area contributed by atoms with Crippen LogP contribution in [0.25, 0.3) is 11.5 Å². The summed E-state index contributed by atoms with van der Waals surface area (Å²) in [5.41, 5.74) is 0.545. The lowest BCUT2D eigenvalue weighted by Crippen LogP contribution is -1.95. The van der Waals surface area contributed by atoms with Crippen molar-refractivity contribution in [3.63, 3.8) is 0 Å².